The highest BCUT2D eigenvalue weighted by atomic mass is 16.1. The third kappa shape index (κ3) is 2.65. The first-order chi connectivity index (χ1) is 8.70. The molecule has 0 atom stereocenters. The Balaban J connectivity index is 2.23. The minimum Gasteiger partial charge on any atom is -0.370 e. The van der Waals surface area contributed by atoms with Gasteiger partial charge in [0.05, 0.1) is 11.8 Å². The van der Waals surface area contributed by atoms with E-state index in [-0.39, 0.29) is 0 Å². The molecule has 18 heavy (non-hydrogen) atoms. The summed E-state index contributed by atoms with van der Waals surface area (Å²) in [5, 5.41) is 7.24. The summed E-state index contributed by atoms with van der Waals surface area (Å²) in [4.78, 5) is 15.4. The fourth-order valence-electron chi connectivity index (χ4n) is 1.48. The van der Waals surface area contributed by atoms with E-state index in [4.69, 9.17) is 5.73 Å². The smallest absolute Gasteiger partial charge is 0.251 e. The third-order valence-electron chi connectivity index (χ3n) is 2.39. The quantitative estimate of drug-likeness (QED) is 0.828. The molecule has 0 unspecified atom stereocenters. The van der Waals surface area contributed by atoms with Crippen LogP contribution in [0.1, 0.15) is 23.7 Å². The van der Waals surface area contributed by atoms with Gasteiger partial charge in [0.15, 0.2) is 5.82 Å². The third-order valence-corrected chi connectivity index (χ3v) is 2.39. The van der Waals surface area contributed by atoms with E-state index in [9.17, 15) is 4.79 Å². The number of carbonyl (C=O) groups excluding carboxylic acids is 1. The number of aromatic nitrogens is 3. The molecule has 2 rings (SSSR count). The Kier molecular flexibility index (Phi) is 3.57. The summed E-state index contributed by atoms with van der Waals surface area (Å²) in [5.74, 6) is 0.926. The largest absolute Gasteiger partial charge is 0.370 e. The van der Waals surface area contributed by atoms with Crippen molar-refractivity contribution in [3.8, 4) is 5.82 Å². The summed E-state index contributed by atoms with van der Waals surface area (Å²) in [6.07, 6.45) is 4.02. The topological polar surface area (TPSA) is 85.8 Å². The molecule has 2 aromatic heterocycles. The summed E-state index contributed by atoms with van der Waals surface area (Å²) in [6.45, 7) is 2.95. The zero-order chi connectivity index (χ0) is 13.0. The van der Waals surface area contributed by atoms with Crippen LogP contribution in [0.5, 0.6) is 0 Å². The molecule has 3 N–H and O–H groups in total. The molecule has 0 bridgehead atoms. The van der Waals surface area contributed by atoms with Gasteiger partial charge in [0, 0.05) is 12.7 Å². The summed E-state index contributed by atoms with van der Waals surface area (Å²) < 4.78 is 1.53. The minimum absolute atomic E-state index is 0.365. The van der Waals surface area contributed by atoms with E-state index in [0.717, 1.165) is 18.8 Å². The van der Waals surface area contributed by atoms with Gasteiger partial charge in [0.2, 0.25) is 0 Å². The number of carbonyl (C=O) groups is 1. The van der Waals surface area contributed by atoms with E-state index in [2.05, 4.69) is 22.3 Å². The van der Waals surface area contributed by atoms with Crippen molar-refractivity contribution in [1.29, 1.82) is 0 Å². The molecule has 94 valence electrons. The number of anilines is 1. The van der Waals surface area contributed by atoms with Crippen LogP contribution < -0.4 is 11.1 Å². The summed E-state index contributed by atoms with van der Waals surface area (Å²) >= 11 is 0. The maximum absolute atomic E-state index is 11.0. The molecule has 0 radical (unpaired) electrons. The van der Waals surface area contributed by atoms with Crippen LogP contribution >= 0.6 is 0 Å². The van der Waals surface area contributed by atoms with Crippen LogP contribution in [-0.4, -0.2) is 27.2 Å². The van der Waals surface area contributed by atoms with E-state index < -0.39 is 5.91 Å². The minimum atomic E-state index is -0.499. The Morgan fingerprint density at radius 2 is 2.33 bits per heavy atom. The predicted octanol–water partition coefficient (Wildman–Crippen LogP) is 1.19. The molecule has 0 aliphatic carbocycles. The molecule has 0 saturated carbocycles. The highest BCUT2D eigenvalue weighted by Crippen LogP contribution is 2.09. The number of nitrogens with two attached hydrogens (primary N) is 1. The van der Waals surface area contributed by atoms with Gasteiger partial charge >= 0.3 is 0 Å². The van der Waals surface area contributed by atoms with Crippen molar-refractivity contribution in [3.05, 3.63) is 36.2 Å². The molecule has 6 heteroatoms. The number of hydrogen-bond donors (Lipinski definition) is 2. The zero-order valence-electron chi connectivity index (χ0n) is 10.1. The Labute approximate surface area is 105 Å². The molecule has 6 nitrogen and oxygen atoms in total. The van der Waals surface area contributed by atoms with E-state index in [1.165, 1.54) is 10.9 Å². The number of pyridine rings is 1. The lowest BCUT2D eigenvalue weighted by Crippen LogP contribution is -2.09. The van der Waals surface area contributed by atoms with Gasteiger partial charge in [0.25, 0.3) is 5.91 Å². The second kappa shape index (κ2) is 5.31. The van der Waals surface area contributed by atoms with Crippen molar-refractivity contribution in [3.63, 3.8) is 0 Å². The summed E-state index contributed by atoms with van der Waals surface area (Å²) in [5.41, 5.74) is 5.54. The fourth-order valence-corrected chi connectivity index (χ4v) is 1.48. The van der Waals surface area contributed by atoms with Crippen LogP contribution in [0.4, 0.5) is 5.82 Å². The number of amides is 1. The van der Waals surface area contributed by atoms with Crippen molar-refractivity contribution in [2.45, 2.75) is 13.3 Å². The number of nitrogens with one attached hydrogen (secondary N) is 1. The second-order valence-electron chi connectivity index (χ2n) is 3.85. The van der Waals surface area contributed by atoms with E-state index in [1.807, 2.05) is 18.2 Å². The molecule has 0 aliphatic heterocycles. The monoisotopic (exact) mass is 245 g/mol. The van der Waals surface area contributed by atoms with Crippen molar-refractivity contribution in [1.82, 2.24) is 14.8 Å². The van der Waals surface area contributed by atoms with Crippen molar-refractivity contribution in [2.75, 3.05) is 11.9 Å². The van der Waals surface area contributed by atoms with Crippen LogP contribution in [0.2, 0.25) is 0 Å². The molecule has 2 heterocycles. The molecule has 0 aromatic carbocycles. The Morgan fingerprint density at radius 3 is 3.00 bits per heavy atom. The Morgan fingerprint density at radius 1 is 1.50 bits per heavy atom. The van der Waals surface area contributed by atoms with Gasteiger partial charge in [0.1, 0.15) is 5.82 Å². The molecule has 0 saturated heterocycles. The first-order valence-electron chi connectivity index (χ1n) is 5.76. The van der Waals surface area contributed by atoms with Gasteiger partial charge in [-0.15, -0.1) is 0 Å². The SMILES string of the molecule is CCCNc1cccc(-n2cc(C(N)=O)cn2)n1. The average Bonchev–Trinajstić information content (AvgIpc) is 2.86. The van der Waals surface area contributed by atoms with Gasteiger partial charge in [-0.2, -0.15) is 5.10 Å². The van der Waals surface area contributed by atoms with Crippen molar-refractivity contribution in [2.24, 2.45) is 5.73 Å². The summed E-state index contributed by atoms with van der Waals surface area (Å²) in [6, 6.07) is 5.58. The number of nitrogens with zero attached hydrogens (tertiary/aromatic N) is 3. The van der Waals surface area contributed by atoms with Crippen LogP contribution in [0.25, 0.3) is 5.82 Å². The lowest BCUT2D eigenvalue weighted by molar-refractivity contribution is 0.100. The average molecular weight is 245 g/mol. The number of rotatable bonds is 5. The van der Waals surface area contributed by atoms with Gasteiger partial charge in [-0.05, 0) is 18.6 Å². The maximum atomic E-state index is 11.0. The van der Waals surface area contributed by atoms with Crippen LogP contribution in [0.3, 0.4) is 0 Å². The van der Waals surface area contributed by atoms with Crippen molar-refractivity contribution < 1.29 is 4.79 Å². The van der Waals surface area contributed by atoms with Gasteiger partial charge in [-0.25, -0.2) is 9.67 Å². The first kappa shape index (κ1) is 12.1. The molecule has 0 aliphatic rings. The van der Waals surface area contributed by atoms with Crippen molar-refractivity contribution >= 4 is 11.7 Å². The van der Waals surface area contributed by atoms with Crippen LogP contribution in [-0.2, 0) is 0 Å². The van der Waals surface area contributed by atoms with Crippen LogP contribution in [0.15, 0.2) is 30.6 Å². The highest BCUT2D eigenvalue weighted by molar-refractivity contribution is 5.92. The molecule has 0 fully saturated rings. The first-order valence-corrected chi connectivity index (χ1v) is 5.76. The van der Waals surface area contributed by atoms with Gasteiger partial charge in [-0.1, -0.05) is 13.0 Å². The fraction of sp³-hybridized carbons (Fsp3) is 0.250. The zero-order valence-corrected chi connectivity index (χ0v) is 10.1. The molecular formula is C12H15N5O. The highest BCUT2D eigenvalue weighted by Gasteiger charge is 2.06. The number of primary amides is 1. The van der Waals surface area contributed by atoms with E-state index >= 15 is 0 Å². The second-order valence-corrected chi connectivity index (χ2v) is 3.85. The Bertz CT molecular complexity index is 549. The molecule has 0 spiro atoms. The maximum Gasteiger partial charge on any atom is 0.251 e. The Hall–Kier alpha value is -2.37. The van der Waals surface area contributed by atoms with Gasteiger partial charge < -0.3 is 11.1 Å². The normalized spacial score (nSPS) is 10.3. The predicted molar refractivity (Wildman–Crippen MR) is 68.7 cm³/mol. The van der Waals surface area contributed by atoms with E-state index in [0.29, 0.717) is 11.4 Å². The number of hydrogen-bond acceptors (Lipinski definition) is 4. The van der Waals surface area contributed by atoms with Gasteiger partial charge in [-0.3, -0.25) is 4.79 Å². The molecule has 1 amide bonds. The van der Waals surface area contributed by atoms with E-state index in [1.54, 1.807) is 6.20 Å². The molecule has 2 aromatic rings. The summed E-state index contributed by atoms with van der Waals surface area (Å²) in [7, 11) is 0. The standard InChI is InChI=1S/C12H15N5O/c1-2-6-14-10-4-3-5-11(16-10)17-8-9(7-15-17)12(13)18/h3-5,7-8H,2,6H2,1H3,(H2,13,18)(H,14,16). The van der Waals surface area contributed by atoms with Crippen LogP contribution in [0, 0.1) is 0 Å². The lowest BCUT2D eigenvalue weighted by Gasteiger charge is -2.05. The lowest BCUT2D eigenvalue weighted by atomic mass is 10.3. The molecular weight excluding hydrogens is 230 g/mol.